The van der Waals surface area contributed by atoms with Gasteiger partial charge in [0.2, 0.25) is 6.23 Å². The topological polar surface area (TPSA) is 29.5 Å². The zero-order valence-electron chi connectivity index (χ0n) is 12.4. The molecular formula is C20H15NO2. The summed E-state index contributed by atoms with van der Waals surface area (Å²) < 4.78 is 6.16. The van der Waals surface area contributed by atoms with Crippen LogP contribution in [0.2, 0.25) is 0 Å². The highest BCUT2D eigenvalue weighted by molar-refractivity contribution is 6.09. The van der Waals surface area contributed by atoms with E-state index in [-0.39, 0.29) is 5.91 Å². The van der Waals surface area contributed by atoms with Gasteiger partial charge in [0, 0.05) is 11.3 Å². The van der Waals surface area contributed by atoms with Gasteiger partial charge in [0.1, 0.15) is 5.75 Å². The molecule has 23 heavy (non-hydrogen) atoms. The molecule has 4 rings (SSSR count). The van der Waals surface area contributed by atoms with Gasteiger partial charge in [0.15, 0.2) is 0 Å². The van der Waals surface area contributed by atoms with Crippen LogP contribution in [0.3, 0.4) is 0 Å². The van der Waals surface area contributed by atoms with Crippen molar-refractivity contribution >= 4 is 11.6 Å². The van der Waals surface area contributed by atoms with Crippen LogP contribution in [0.5, 0.6) is 5.75 Å². The van der Waals surface area contributed by atoms with Crippen molar-refractivity contribution in [3.05, 3.63) is 96.1 Å². The van der Waals surface area contributed by atoms with E-state index in [2.05, 4.69) is 0 Å². The molecule has 0 saturated heterocycles. The molecule has 1 heterocycles. The van der Waals surface area contributed by atoms with E-state index in [1.807, 2.05) is 78.9 Å². The molecule has 1 unspecified atom stereocenters. The lowest BCUT2D eigenvalue weighted by Gasteiger charge is -2.36. The first kappa shape index (κ1) is 13.6. The van der Waals surface area contributed by atoms with Crippen molar-refractivity contribution in [3.8, 4) is 5.75 Å². The molecule has 0 spiro atoms. The van der Waals surface area contributed by atoms with Crippen LogP contribution in [0, 0.1) is 0 Å². The van der Waals surface area contributed by atoms with Gasteiger partial charge in [-0.3, -0.25) is 9.69 Å². The Morgan fingerprint density at radius 2 is 1.35 bits per heavy atom. The lowest BCUT2D eigenvalue weighted by molar-refractivity contribution is 0.0857. The smallest absolute Gasteiger partial charge is 0.265 e. The second-order valence-electron chi connectivity index (χ2n) is 5.39. The molecule has 1 aliphatic rings. The molecule has 0 radical (unpaired) electrons. The molecule has 3 aromatic rings. The number of anilines is 1. The maximum absolute atomic E-state index is 13.0. The van der Waals surface area contributed by atoms with Crippen LogP contribution >= 0.6 is 0 Å². The molecule has 0 saturated carbocycles. The number of benzene rings is 3. The third-order valence-corrected chi connectivity index (χ3v) is 3.93. The second kappa shape index (κ2) is 5.61. The fraction of sp³-hybridized carbons (Fsp3) is 0.0500. The van der Waals surface area contributed by atoms with Crippen LogP contribution in [0.25, 0.3) is 0 Å². The van der Waals surface area contributed by atoms with E-state index in [1.165, 1.54) is 0 Å². The highest BCUT2D eigenvalue weighted by Gasteiger charge is 2.35. The Balaban J connectivity index is 1.87. The summed E-state index contributed by atoms with van der Waals surface area (Å²) >= 11 is 0. The van der Waals surface area contributed by atoms with Gasteiger partial charge in [-0.15, -0.1) is 0 Å². The Bertz CT molecular complexity index is 831. The summed E-state index contributed by atoms with van der Waals surface area (Å²) in [5, 5.41) is 0. The molecule has 112 valence electrons. The Morgan fingerprint density at radius 3 is 2.09 bits per heavy atom. The first-order chi connectivity index (χ1) is 11.3. The standard InChI is InChI=1S/C20H15NO2/c22-19-17-13-7-8-14-18(17)23-20(15-9-3-1-4-10-15)21(19)16-11-5-2-6-12-16/h1-14,20H. The molecule has 1 aliphatic heterocycles. The van der Waals surface area contributed by atoms with Crippen LogP contribution in [-0.4, -0.2) is 5.91 Å². The first-order valence-corrected chi connectivity index (χ1v) is 7.54. The third kappa shape index (κ3) is 2.36. The quantitative estimate of drug-likeness (QED) is 0.701. The predicted octanol–water partition coefficient (Wildman–Crippen LogP) is 4.42. The van der Waals surface area contributed by atoms with Gasteiger partial charge in [0.25, 0.3) is 5.91 Å². The Labute approximate surface area is 134 Å². The number of rotatable bonds is 2. The SMILES string of the molecule is O=C1c2ccccc2OC(c2ccccc2)N1c1ccccc1. The fourth-order valence-corrected chi connectivity index (χ4v) is 2.83. The summed E-state index contributed by atoms with van der Waals surface area (Å²) in [4.78, 5) is 14.8. The van der Waals surface area contributed by atoms with E-state index in [1.54, 1.807) is 11.0 Å². The van der Waals surface area contributed by atoms with Crippen molar-refractivity contribution in [2.24, 2.45) is 0 Å². The van der Waals surface area contributed by atoms with Crippen LogP contribution in [0.1, 0.15) is 22.1 Å². The number of hydrogen-bond acceptors (Lipinski definition) is 2. The molecule has 0 aromatic heterocycles. The number of nitrogens with zero attached hydrogens (tertiary/aromatic N) is 1. The minimum absolute atomic E-state index is 0.0492. The van der Waals surface area contributed by atoms with Crippen molar-refractivity contribution in [2.45, 2.75) is 6.23 Å². The fourth-order valence-electron chi connectivity index (χ4n) is 2.83. The molecular weight excluding hydrogens is 286 g/mol. The molecule has 1 amide bonds. The van der Waals surface area contributed by atoms with Gasteiger partial charge in [-0.25, -0.2) is 0 Å². The number of amides is 1. The Morgan fingerprint density at radius 1 is 0.739 bits per heavy atom. The maximum Gasteiger partial charge on any atom is 0.265 e. The average molecular weight is 301 g/mol. The lowest BCUT2D eigenvalue weighted by Crippen LogP contribution is -2.41. The largest absolute Gasteiger partial charge is 0.465 e. The van der Waals surface area contributed by atoms with Crippen LogP contribution in [0.15, 0.2) is 84.9 Å². The van der Waals surface area contributed by atoms with Crippen LogP contribution in [-0.2, 0) is 0 Å². The number of para-hydroxylation sites is 2. The Kier molecular flexibility index (Phi) is 3.31. The minimum Gasteiger partial charge on any atom is -0.465 e. The van der Waals surface area contributed by atoms with Crippen molar-refractivity contribution in [3.63, 3.8) is 0 Å². The zero-order chi connectivity index (χ0) is 15.6. The lowest BCUT2D eigenvalue weighted by atomic mass is 10.1. The van der Waals surface area contributed by atoms with Gasteiger partial charge < -0.3 is 4.74 Å². The van der Waals surface area contributed by atoms with Crippen molar-refractivity contribution in [1.29, 1.82) is 0 Å². The van der Waals surface area contributed by atoms with Gasteiger partial charge in [-0.1, -0.05) is 60.7 Å². The van der Waals surface area contributed by atoms with E-state index in [0.29, 0.717) is 11.3 Å². The van der Waals surface area contributed by atoms with Gasteiger partial charge in [-0.2, -0.15) is 0 Å². The predicted molar refractivity (Wildman–Crippen MR) is 89.5 cm³/mol. The molecule has 0 N–H and O–H groups in total. The summed E-state index contributed by atoms with van der Waals surface area (Å²) in [6.45, 7) is 0. The second-order valence-corrected chi connectivity index (χ2v) is 5.39. The molecule has 0 bridgehead atoms. The number of ether oxygens (including phenoxy) is 1. The molecule has 3 heteroatoms. The summed E-state index contributed by atoms with van der Waals surface area (Å²) in [6, 6.07) is 26.8. The van der Waals surface area contributed by atoms with Crippen LogP contribution in [0.4, 0.5) is 5.69 Å². The van der Waals surface area contributed by atoms with Crippen LogP contribution < -0.4 is 9.64 Å². The van der Waals surface area contributed by atoms with Crippen molar-refractivity contribution in [2.75, 3.05) is 4.90 Å². The molecule has 0 fully saturated rings. The van der Waals surface area contributed by atoms with Gasteiger partial charge >= 0.3 is 0 Å². The normalized spacial score (nSPS) is 16.6. The average Bonchev–Trinajstić information content (AvgIpc) is 2.63. The number of fused-ring (bicyclic) bond motifs is 1. The summed E-state index contributed by atoms with van der Waals surface area (Å²) in [5.41, 5.74) is 2.35. The zero-order valence-corrected chi connectivity index (χ0v) is 12.4. The van der Waals surface area contributed by atoms with Gasteiger partial charge in [0.05, 0.1) is 5.56 Å². The summed E-state index contributed by atoms with van der Waals surface area (Å²) in [5.74, 6) is 0.574. The first-order valence-electron chi connectivity index (χ1n) is 7.54. The third-order valence-electron chi connectivity index (χ3n) is 3.93. The van der Waals surface area contributed by atoms with E-state index in [0.717, 1.165) is 11.3 Å². The van der Waals surface area contributed by atoms with Gasteiger partial charge in [-0.05, 0) is 24.3 Å². The minimum atomic E-state index is -0.471. The van der Waals surface area contributed by atoms with Crippen molar-refractivity contribution in [1.82, 2.24) is 0 Å². The molecule has 3 nitrogen and oxygen atoms in total. The van der Waals surface area contributed by atoms with E-state index >= 15 is 0 Å². The highest BCUT2D eigenvalue weighted by atomic mass is 16.5. The molecule has 3 aromatic carbocycles. The number of carbonyl (C=O) groups excluding carboxylic acids is 1. The molecule has 0 aliphatic carbocycles. The van der Waals surface area contributed by atoms with E-state index < -0.39 is 6.23 Å². The summed E-state index contributed by atoms with van der Waals surface area (Å²) in [7, 11) is 0. The highest BCUT2D eigenvalue weighted by Crippen LogP contribution is 2.37. The maximum atomic E-state index is 13.0. The summed E-state index contributed by atoms with van der Waals surface area (Å²) in [6.07, 6.45) is -0.471. The number of carbonyl (C=O) groups is 1. The monoisotopic (exact) mass is 301 g/mol. The molecule has 1 atom stereocenters. The van der Waals surface area contributed by atoms with E-state index in [9.17, 15) is 4.79 Å². The van der Waals surface area contributed by atoms with Crippen molar-refractivity contribution < 1.29 is 9.53 Å². The van der Waals surface area contributed by atoms with E-state index in [4.69, 9.17) is 4.74 Å². The number of hydrogen-bond donors (Lipinski definition) is 0. The Hall–Kier alpha value is -3.07.